The molecule has 0 aliphatic heterocycles. The molecule has 0 aliphatic carbocycles. The van der Waals surface area contributed by atoms with Crippen LogP contribution in [0.3, 0.4) is 0 Å². The molecule has 1 rings (SSSR count). The van der Waals surface area contributed by atoms with Crippen LogP contribution in [0.25, 0.3) is 0 Å². The molecule has 4 heteroatoms. The monoisotopic (exact) mass is 254 g/mol. The molecule has 1 aromatic heterocycles. The molecule has 0 aliphatic rings. The standard InChI is InChI=1S/C13H22N2OS/c1-5-11-6-12(15(4)14-11)7-13(16)9-17-8-10(2)3/h6,10H,5,7-9H2,1-4H3. The van der Waals surface area contributed by atoms with Crippen molar-refractivity contribution in [3.8, 4) is 0 Å². The fourth-order valence-electron chi connectivity index (χ4n) is 1.57. The lowest BCUT2D eigenvalue weighted by Crippen LogP contribution is -2.10. The van der Waals surface area contributed by atoms with E-state index in [2.05, 4.69) is 25.9 Å². The molecule has 0 N–H and O–H groups in total. The van der Waals surface area contributed by atoms with Gasteiger partial charge in [-0.05, 0) is 24.2 Å². The number of carbonyl (C=O) groups is 1. The Balaban J connectivity index is 2.42. The van der Waals surface area contributed by atoms with Crippen LogP contribution in [-0.2, 0) is 24.7 Å². The van der Waals surface area contributed by atoms with Gasteiger partial charge in [0.2, 0.25) is 0 Å². The number of hydrogen-bond donors (Lipinski definition) is 0. The van der Waals surface area contributed by atoms with Crippen molar-refractivity contribution in [1.82, 2.24) is 9.78 Å². The number of Topliss-reactive ketones (excluding diaryl/α,β-unsaturated/α-hetero) is 1. The Bertz CT molecular complexity index is 371. The van der Waals surface area contributed by atoms with Gasteiger partial charge in [-0.2, -0.15) is 16.9 Å². The average molecular weight is 254 g/mol. The van der Waals surface area contributed by atoms with Crippen LogP contribution < -0.4 is 0 Å². The molecule has 0 atom stereocenters. The van der Waals surface area contributed by atoms with Crippen molar-refractivity contribution in [2.45, 2.75) is 33.6 Å². The van der Waals surface area contributed by atoms with Gasteiger partial charge in [0.25, 0.3) is 0 Å². The van der Waals surface area contributed by atoms with E-state index in [4.69, 9.17) is 0 Å². The van der Waals surface area contributed by atoms with Gasteiger partial charge in [-0.15, -0.1) is 0 Å². The van der Waals surface area contributed by atoms with Gasteiger partial charge in [0.05, 0.1) is 11.4 Å². The quantitative estimate of drug-likeness (QED) is 0.750. The van der Waals surface area contributed by atoms with Crippen molar-refractivity contribution in [3.63, 3.8) is 0 Å². The SMILES string of the molecule is CCc1cc(CC(=O)CSCC(C)C)n(C)n1. The van der Waals surface area contributed by atoms with E-state index in [1.54, 1.807) is 11.8 Å². The molecule has 17 heavy (non-hydrogen) atoms. The van der Waals surface area contributed by atoms with Gasteiger partial charge in [0.1, 0.15) is 5.78 Å². The number of carbonyl (C=O) groups excluding carboxylic acids is 1. The lowest BCUT2D eigenvalue weighted by Gasteiger charge is -2.04. The normalized spacial score (nSPS) is 11.1. The molecule has 96 valence electrons. The smallest absolute Gasteiger partial charge is 0.148 e. The Kier molecular flexibility index (Phi) is 5.75. The molecular weight excluding hydrogens is 232 g/mol. The van der Waals surface area contributed by atoms with Crippen LogP contribution >= 0.6 is 11.8 Å². The van der Waals surface area contributed by atoms with Crippen molar-refractivity contribution in [1.29, 1.82) is 0 Å². The zero-order valence-corrected chi connectivity index (χ0v) is 12.0. The minimum atomic E-state index is 0.293. The summed E-state index contributed by atoms with van der Waals surface area (Å²) in [4.78, 5) is 11.8. The molecule has 0 saturated heterocycles. The zero-order valence-electron chi connectivity index (χ0n) is 11.2. The number of thioether (sulfide) groups is 1. The molecule has 0 bridgehead atoms. The van der Waals surface area contributed by atoms with Crippen molar-refractivity contribution in [2.24, 2.45) is 13.0 Å². The summed E-state index contributed by atoms with van der Waals surface area (Å²) >= 11 is 1.73. The fraction of sp³-hybridized carbons (Fsp3) is 0.692. The molecule has 1 aromatic rings. The van der Waals surface area contributed by atoms with Crippen molar-refractivity contribution in [3.05, 3.63) is 17.5 Å². The summed E-state index contributed by atoms with van der Waals surface area (Å²) in [6.07, 6.45) is 1.43. The molecule has 0 saturated carbocycles. The molecule has 0 fully saturated rings. The minimum Gasteiger partial charge on any atom is -0.298 e. The second-order valence-electron chi connectivity index (χ2n) is 4.73. The molecule has 3 nitrogen and oxygen atoms in total. The van der Waals surface area contributed by atoms with Gasteiger partial charge >= 0.3 is 0 Å². The Morgan fingerprint density at radius 3 is 2.76 bits per heavy atom. The number of aryl methyl sites for hydroxylation is 2. The number of nitrogens with zero attached hydrogens (tertiary/aromatic N) is 2. The summed E-state index contributed by atoms with van der Waals surface area (Å²) in [7, 11) is 1.91. The summed E-state index contributed by atoms with van der Waals surface area (Å²) in [5.41, 5.74) is 2.09. The third-order valence-corrected chi connectivity index (χ3v) is 3.91. The Morgan fingerprint density at radius 1 is 1.53 bits per heavy atom. The largest absolute Gasteiger partial charge is 0.298 e. The highest BCUT2D eigenvalue weighted by Crippen LogP contribution is 2.10. The molecule has 0 spiro atoms. The van der Waals surface area contributed by atoms with E-state index < -0.39 is 0 Å². The van der Waals surface area contributed by atoms with E-state index in [0.717, 1.165) is 23.6 Å². The first-order valence-electron chi connectivity index (χ1n) is 6.14. The third-order valence-electron chi connectivity index (χ3n) is 2.48. The van der Waals surface area contributed by atoms with Crippen molar-refractivity contribution >= 4 is 17.5 Å². The van der Waals surface area contributed by atoms with Crippen LogP contribution in [0.4, 0.5) is 0 Å². The van der Waals surface area contributed by atoms with Crippen LogP contribution in [0.15, 0.2) is 6.07 Å². The van der Waals surface area contributed by atoms with Crippen molar-refractivity contribution in [2.75, 3.05) is 11.5 Å². The van der Waals surface area contributed by atoms with Crippen LogP contribution in [-0.4, -0.2) is 27.1 Å². The summed E-state index contributed by atoms with van der Waals surface area (Å²) in [6, 6.07) is 2.03. The van der Waals surface area contributed by atoms with E-state index in [1.165, 1.54) is 0 Å². The van der Waals surface area contributed by atoms with Gasteiger partial charge < -0.3 is 0 Å². The Morgan fingerprint density at radius 2 is 2.24 bits per heavy atom. The average Bonchev–Trinajstić information content (AvgIpc) is 2.59. The van der Waals surface area contributed by atoms with Crippen LogP contribution in [0, 0.1) is 5.92 Å². The van der Waals surface area contributed by atoms with Crippen LogP contribution in [0.1, 0.15) is 32.2 Å². The van der Waals surface area contributed by atoms with Gasteiger partial charge in [-0.1, -0.05) is 20.8 Å². The van der Waals surface area contributed by atoms with E-state index in [9.17, 15) is 4.79 Å². The van der Waals surface area contributed by atoms with Crippen LogP contribution in [0.2, 0.25) is 0 Å². The Hall–Kier alpha value is -0.770. The maximum Gasteiger partial charge on any atom is 0.148 e. The van der Waals surface area contributed by atoms with Crippen LogP contribution in [0.5, 0.6) is 0 Å². The summed E-state index contributed by atoms with van der Waals surface area (Å²) < 4.78 is 1.82. The first-order valence-corrected chi connectivity index (χ1v) is 7.29. The summed E-state index contributed by atoms with van der Waals surface area (Å²) in [5.74, 6) is 2.61. The molecule has 0 amide bonds. The molecule has 0 radical (unpaired) electrons. The van der Waals surface area contributed by atoms with E-state index in [0.29, 0.717) is 23.9 Å². The highest BCUT2D eigenvalue weighted by Gasteiger charge is 2.09. The first-order chi connectivity index (χ1) is 8.02. The predicted octanol–water partition coefficient (Wildman–Crippen LogP) is 2.48. The maximum atomic E-state index is 11.8. The fourth-order valence-corrected chi connectivity index (χ4v) is 2.49. The van der Waals surface area contributed by atoms with Gasteiger partial charge in [0.15, 0.2) is 0 Å². The highest BCUT2D eigenvalue weighted by molar-refractivity contribution is 7.99. The Labute approximate surface area is 108 Å². The number of hydrogen-bond acceptors (Lipinski definition) is 3. The lowest BCUT2D eigenvalue weighted by atomic mass is 10.2. The van der Waals surface area contributed by atoms with E-state index >= 15 is 0 Å². The van der Waals surface area contributed by atoms with Gasteiger partial charge in [-0.25, -0.2) is 0 Å². The van der Waals surface area contributed by atoms with E-state index in [1.807, 2.05) is 17.8 Å². The number of aromatic nitrogens is 2. The second kappa shape index (κ2) is 6.84. The number of rotatable bonds is 7. The first kappa shape index (κ1) is 14.3. The highest BCUT2D eigenvalue weighted by atomic mass is 32.2. The second-order valence-corrected chi connectivity index (χ2v) is 5.76. The molecular formula is C13H22N2OS. The van der Waals surface area contributed by atoms with E-state index in [-0.39, 0.29) is 0 Å². The van der Waals surface area contributed by atoms with Gasteiger partial charge in [-0.3, -0.25) is 9.48 Å². The lowest BCUT2D eigenvalue weighted by molar-refractivity contribution is -0.116. The molecule has 0 aromatic carbocycles. The summed E-state index contributed by atoms with van der Waals surface area (Å²) in [5, 5.41) is 4.35. The minimum absolute atomic E-state index is 0.293. The van der Waals surface area contributed by atoms with Crippen molar-refractivity contribution < 1.29 is 4.79 Å². The third kappa shape index (κ3) is 4.94. The maximum absolute atomic E-state index is 11.8. The number of ketones is 1. The molecule has 1 heterocycles. The molecule has 0 unspecified atom stereocenters. The predicted molar refractivity (Wildman–Crippen MR) is 73.5 cm³/mol. The zero-order chi connectivity index (χ0) is 12.8. The summed E-state index contributed by atoms with van der Waals surface area (Å²) in [6.45, 7) is 6.42. The topological polar surface area (TPSA) is 34.9 Å². The van der Waals surface area contributed by atoms with Gasteiger partial charge in [0, 0.05) is 19.2 Å².